The average molecular weight is 363 g/mol. The van der Waals surface area contributed by atoms with Crippen molar-refractivity contribution in [1.29, 1.82) is 0 Å². The largest absolute Gasteiger partial charge is 0.378 e. The van der Waals surface area contributed by atoms with Crippen LogP contribution in [0.25, 0.3) is 0 Å². The number of piperidine rings is 1. The second-order valence-corrected chi connectivity index (χ2v) is 8.42. The molecule has 1 radical (unpaired) electrons. The summed E-state index contributed by atoms with van der Waals surface area (Å²) in [6, 6.07) is 0. The lowest BCUT2D eigenvalue weighted by Gasteiger charge is -2.49. The van der Waals surface area contributed by atoms with Crippen LogP contribution in [0.1, 0.15) is 79.1 Å². The highest BCUT2D eigenvalue weighted by Crippen LogP contribution is 2.38. The summed E-state index contributed by atoms with van der Waals surface area (Å²) in [5.74, 6) is 0. The summed E-state index contributed by atoms with van der Waals surface area (Å²) >= 11 is 3.46. The van der Waals surface area contributed by atoms with E-state index in [1.165, 1.54) is 37.2 Å². The lowest BCUT2D eigenvalue weighted by Crippen LogP contribution is -2.59. The zero-order chi connectivity index (χ0) is 15.9. The zero-order valence-corrected chi connectivity index (χ0v) is 15.9. The maximum Gasteiger partial charge on any atom is 0.0611 e. The summed E-state index contributed by atoms with van der Waals surface area (Å²) in [6.45, 7) is 8.96. The van der Waals surface area contributed by atoms with Gasteiger partial charge in [-0.15, -0.1) is 10.3 Å². The van der Waals surface area contributed by atoms with Gasteiger partial charge in [-0.25, -0.2) is 0 Å². The van der Waals surface area contributed by atoms with Crippen molar-refractivity contribution in [2.45, 2.75) is 96.2 Å². The van der Waals surface area contributed by atoms with Gasteiger partial charge in [0, 0.05) is 23.0 Å². The number of hydrogen-bond acceptors (Lipinski definition) is 2. The number of alkyl halides is 1. The molecule has 1 heterocycles. The molecule has 0 unspecified atom stereocenters. The van der Waals surface area contributed by atoms with Crippen molar-refractivity contribution in [3.8, 4) is 0 Å². The van der Waals surface area contributed by atoms with Gasteiger partial charge in [-0.2, -0.15) is 0 Å². The number of ether oxygens (including phenoxy) is 1. The molecule has 1 saturated heterocycles. The molecule has 1 aliphatic heterocycles. The summed E-state index contributed by atoms with van der Waals surface area (Å²) in [4.78, 5) is 0. The molecule has 0 bridgehead atoms. The van der Waals surface area contributed by atoms with Crippen LogP contribution in [0, 0.1) is 0 Å². The van der Waals surface area contributed by atoms with Crippen LogP contribution in [0.3, 0.4) is 0 Å². The predicted octanol–water partition coefficient (Wildman–Crippen LogP) is 5.11. The Labute approximate surface area is 139 Å². The van der Waals surface area contributed by atoms with E-state index in [9.17, 15) is 5.21 Å². The van der Waals surface area contributed by atoms with Crippen LogP contribution in [0.4, 0.5) is 0 Å². The number of rotatable bonds is 9. The Morgan fingerprint density at radius 3 is 1.95 bits per heavy atom. The van der Waals surface area contributed by atoms with Gasteiger partial charge in [0.2, 0.25) is 0 Å². The molecule has 0 saturated carbocycles. The number of nitrogens with zero attached hydrogens (tertiary/aromatic N) is 1. The molecule has 0 N–H and O–H groups in total. The third-order valence-electron chi connectivity index (χ3n) is 4.44. The highest BCUT2D eigenvalue weighted by Gasteiger charge is 2.46. The fraction of sp³-hybridized carbons (Fsp3) is 1.00. The van der Waals surface area contributed by atoms with Crippen LogP contribution in [0.2, 0.25) is 0 Å². The van der Waals surface area contributed by atoms with Gasteiger partial charge < -0.3 is 4.74 Å². The van der Waals surface area contributed by atoms with Crippen molar-refractivity contribution < 1.29 is 9.94 Å². The van der Waals surface area contributed by atoms with Gasteiger partial charge >= 0.3 is 0 Å². The van der Waals surface area contributed by atoms with E-state index in [1.807, 2.05) is 27.7 Å². The van der Waals surface area contributed by atoms with Gasteiger partial charge in [0.1, 0.15) is 0 Å². The van der Waals surface area contributed by atoms with E-state index in [0.29, 0.717) is 0 Å². The smallest absolute Gasteiger partial charge is 0.0611 e. The molecule has 0 aliphatic carbocycles. The lowest BCUT2D eigenvalue weighted by molar-refractivity contribution is -0.301. The van der Waals surface area contributed by atoms with Crippen LogP contribution in [0.15, 0.2) is 0 Å². The summed E-state index contributed by atoms with van der Waals surface area (Å²) < 4.78 is 6.06. The first kappa shape index (κ1) is 19.4. The topological polar surface area (TPSA) is 32.4 Å². The molecule has 0 spiro atoms. The van der Waals surface area contributed by atoms with Crippen molar-refractivity contribution in [2.24, 2.45) is 0 Å². The normalized spacial score (nSPS) is 22.6. The van der Waals surface area contributed by atoms with Gasteiger partial charge in [0.15, 0.2) is 0 Å². The van der Waals surface area contributed by atoms with Crippen molar-refractivity contribution in [3.05, 3.63) is 0 Å². The highest BCUT2D eigenvalue weighted by molar-refractivity contribution is 9.09. The SMILES string of the molecule is CC1(C)CC(OCCCCCCCCBr)CC(C)(C)N1[O]. The van der Waals surface area contributed by atoms with E-state index < -0.39 is 0 Å². The lowest BCUT2D eigenvalue weighted by atomic mass is 9.80. The number of halogens is 1. The third kappa shape index (κ3) is 6.55. The molecule has 1 rings (SSSR count). The van der Waals surface area contributed by atoms with Crippen LogP contribution >= 0.6 is 15.9 Å². The van der Waals surface area contributed by atoms with E-state index in [2.05, 4.69) is 15.9 Å². The minimum Gasteiger partial charge on any atom is -0.378 e. The van der Waals surface area contributed by atoms with E-state index >= 15 is 0 Å². The highest BCUT2D eigenvalue weighted by atomic mass is 79.9. The van der Waals surface area contributed by atoms with Gasteiger partial charge in [-0.05, 0) is 53.4 Å². The fourth-order valence-electron chi connectivity index (χ4n) is 3.44. The fourth-order valence-corrected chi connectivity index (χ4v) is 3.84. The van der Waals surface area contributed by atoms with Gasteiger partial charge in [0.25, 0.3) is 0 Å². The summed E-state index contributed by atoms with van der Waals surface area (Å²) in [6.07, 6.45) is 9.57. The second kappa shape index (κ2) is 8.85. The Morgan fingerprint density at radius 2 is 1.43 bits per heavy atom. The number of hydrogen-bond donors (Lipinski definition) is 0. The molecule has 21 heavy (non-hydrogen) atoms. The summed E-state index contributed by atoms with van der Waals surface area (Å²) in [5.41, 5.74) is -0.635. The van der Waals surface area contributed by atoms with Gasteiger partial charge in [0.05, 0.1) is 6.10 Å². The quantitative estimate of drug-likeness (QED) is 0.421. The van der Waals surface area contributed by atoms with Crippen LogP contribution < -0.4 is 0 Å². The molecule has 0 aromatic heterocycles. The Bertz CT molecular complexity index is 277. The number of hydroxylamine groups is 2. The number of unbranched alkanes of at least 4 members (excludes halogenated alkanes) is 5. The van der Waals surface area contributed by atoms with E-state index in [4.69, 9.17) is 4.74 Å². The molecule has 0 aromatic carbocycles. The Balaban J connectivity index is 2.18. The molecule has 1 fully saturated rings. The first-order valence-electron chi connectivity index (χ1n) is 8.45. The Kier molecular flexibility index (Phi) is 8.18. The maximum absolute atomic E-state index is 12.3. The van der Waals surface area contributed by atoms with Crippen LogP contribution in [-0.2, 0) is 9.94 Å². The first-order valence-corrected chi connectivity index (χ1v) is 9.57. The first-order chi connectivity index (χ1) is 9.79. The predicted molar refractivity (Wildman–Crippen MR) is 91.2 cm³/mol. The molecular formula is C17H33BrNO2. The molecular weight excluding hydrogens is 330 g/mol. The Morgan fingerprint density at radius 1 is 0.952 bits per heavy atom. The van der Waals surface area contributed by atoms with E-state index in [1.54, 1.807) is 0 Å². The average Bonchev–Trinajstić information content (AvgIpc) is 2.38. The van der Waals surface area contributed by atoms with Crippen molar-refractivity contribution >= 4 is 15.9 Å². The van der Waals surface area contributed by atoms with Crippen molar-refractivity contribution in [3.63, 3.8) is 0 Å². The summed E-state index contributed by atoms with van der Waals surface area (Å²) in [7, 11) is 0. The molecule has 0 atom stereocenters. The minimum atomic E-state index is -0.317. The monoisotopic (exact) mass is 362 g/mol. The van der Waals surface area contributed by atoms with Crippen molar-refractivity contribution in [1.82, 2.24) is 5.06 Å². The Hall–Kier alpha value is 0.360. The molecule has 3 nitrogen and oxygen atoms in total. The molecule has 4 heteroatoms. The third-order valence-corrected chi connectivity index (χ3v) is 5.00. The zero-order valence-electron chi connectivity index (χ0n) is 14.3. The van der Waals surface area contributed by atoms with Gasteiger partial charge in [-0.1, -0.05) is 41.6 Å². The minimum absolute atomic E-state index is 0.230. The van der Waals surface area contributed by atoms with E-state index in [-0.39, 0.29) is 17.2 Å². The van der Waals surface area contributed by atoms with Crippen LogP contribution in [0.5, 0.6) is 0 Å². The maximum atomic E-state index is 12.3. The second-order valence-electron chi connectivity index (χ2n) is 7.63. The van der Waals surface area contributed by atoms with Crippen molar-refractivity contribution in [2.75, 3.05) is 11.9 Å². The standard InChI is InChI=1S/C17H33BrNO2/c1-16(2)13-15(14-17(3,4)19(16)20)21-12-10-8-6-5-7-9-11-18/h15H,5-14H2,1-4H3. The molecule has 1 aliphatic rings. The van der Waals surface area contributed by atoms with E-state index in [0.717, 1.165) is 31.2 Å². The van der Waals surface area contributed by atoms with Crippen LogP contribution in [-0.4, -0.2) is 34.2 Å². The summed E-state index contributed by atoms with van der Waals surface area (Å²) in [5, 5.41) is 14.7. The molecule has 0 aromatic rings. The molecule has 125 valence electrons. The molecule has 0 amide bonds. The van der Waals surface area contributed by atoms with Gasteiger partial charge in [-0.3, -0.25) is 0 Å².